The zero-order valence-corrected chi connectivity index (χ0v) is 9.60. The van der Waals surface area contributed by atoms with E-state index in [1.54, 1.807) is 7.11 Å². The summed E-state index contributed by atoms with van der Waals surface area (Å²) in [6, 6.07) is 0. The monoisotopic (exact) mass is 187 g/mol. The van der Waals surface area contributed by atoms with Crippen molar-refractivity contribution in [1.82, 2.24) is 5.32 Å². The van der Waals surface area contributed by atoms with Gasteiger partial charge >= 0.3 is 0 Å². The lowest BCUT2D eigenvalue weighted by Gasteiger charge is -2.10. The highest BCUT2D eigenvalue weighted by Crippen LogP contribution is 2.04. The molecule has 2 nitrogen and oxygen atoms in total. The lowest BCUT2D eigenvalue weighted by Crippen LogP contribution is -2.26. The molecule has 0 saturated heterocycles. The molecule has 0 aliphatic carbocycles. The van der Waals surface area contributed by atoms with Crippen LogP contribution in [0.5, 0.6) is 0 Å². The molecular formula is C11H25NO. The summed E-state index contributed by atoms with van der Waals surface area (Å²) >= 11 is 0. The summed E-state index contributed by atoms with van der Waals surface area (Å²) in [7, 11) is 1.76. The Balaban J connectivity index is 2.99. The average Bonchev–Trinajstić information content (AvgIpc) is 2.10. The third kappa shape index (κ3) is 9.84. The molecule has 0 fully saturated rings. The summed E-state index contributed by atoms with van der Waals surface area (Å²) in [6.07, 6.45) is 4.31. The first kappa shape index (κ1) is 12.9. The van der Waals surface area contributed by atoms with Gasteiger partial charge in [-0.1, -0.05) is 26.7 Å². The first-order valence-corrected chi connectivity index (χ1v) is 5.40. The predicted octanol–water partition coefficient (Wildman–Crippen LogP) is 2.44. The molecule has 0 bridgehead atoms. The zero-order chi connectivity index (χ0) is 10.1. The van der Waals surface area contributed by atoms with Gasteiger partial charge in [0.2, 0.25) is 0 Å². The maximum Gasteiger partial charge on any atom is 0.0667 e. The summed E-state index contributed by atoms with van der Waals surface area (Å²) in [5.41, 5.74) is 0. The van der Waals surface area contributed by atoms with Crippen LogP contribution >= 0.6 is 0 Å². The summed E-state index contributed by atoms with van der Waals surface area (Å²) in [4.78, 5) is 0. The first-order chi connectivity index (χ1) is 6.16. The highest BCUT2D eigenvalue weighted by molar-refractivity contribution is 4.55. The minimum atomic E-state index is 0.338. The van der Waals surface area contributed by atoms with Crippen molar-refractivity contribution in [3.8, 4) is 0 Å². The molecule has 0 amide bonds. The molecule has 0 heterocycles. The van der Waals surface area contributed by atoms with E-state index in [0.717, 1.165) is 19.0 Å². The second-order valence-electron chi connectivity index (χ2n) is 4.14. The van der Waals surface area contributed by atoms with Gasteiger partial charge in [0.25, 0.3) is 0 Å². The van der Waals surface area contributed by atoms with E-state index in [0.29, 0.717) is 6.10 Å². The van der Waals surface area contributed by atoms with Gasteiger partial charge in [0, 0.05) is 13.7 Å². The second-order valence-corrected chi connectivity index (χ2v) is 4.14. The Hall–Kier alpha value is -0.0800. The van der Waals surface area contributed by atoms with Crippen LogP contribution in [-0.2, 0) is 4.74 Å². The third-order valence-electron chi connectivity index (χ3n) is 2.22. The van der Waals surface area contributed by atoms with Crippen LogP contribution in [-0.4, -0.2) is 26.3 Å². The molecule has 0 aromatic carbocycles. The Morgan fingerprint density at radius 1 is 1.15 bits per heavy atom. The SMILES string of the molecule is COC(C)CNCCCCC(C)C. The van der Waals surface area contributed by atoms with Gasteiger partial charge in [-0.25, -0.2) is 0 Å². The van der Waals surface area contributed by atoms with Gasteiger partial charge in [0.15, 0.2) is 0 Å². The van der Waals surface area contributed by atoms with E-state index >= 15 is 0 Å². The molecule has 0 saturated carbocycles. The molecule has 0 rings (SSSR count). The summed E-state index contributed by atoms with van der Waals surface area (Å²) in [5, 5.41) is 3.38. The number of methoxy groups -OCH3 is 1. The maximum absolute atomic E-state index is 5.13. The van der Waals surface area contributed by atoms with E-state index in [4.69, 9.17) is 4.74 Å². The van der Waals surface area contributed by atoms with Gasteiger partial charge < -0.3 is 10.1 Å². The number of nitrogens with one attached hydrogen (secondary N) is 1. The highest BCUT2D eigenvalue weighted by atomic mass is 16.5. The number of ether oxygens (including phenoxy) is 1. The van der Waals surface area contributed by atoms with Gasteiger partial charge in [0.05, 0.1) is 6.10 Å². The van der Waals surface area contributed by atoms with Crippen LogP contribution in [0.15, 0.2) is 0 Å². The standard InChI is InChI=1S/C11H25NO/c1-10(2)7-5-6-8-12-9-11(3)13-4/h10-12H,5-9H2,1-4H3. The quantitative estimate of drug-likeness (QED) is 0.589. The lowest BCUT2D eigenvalue weighted by molar-refractivity contribution is 0.117. The smallest absolute Gasteiger partial charge is 0.0667 e. The fourth-order valence-corrected chi connectivity index (χ4v) is 1.19. The molecule has 1 N–H and O–H groups in total. The van der Waals surface area contributed by atoms with Crippen LogP contribution in [0.4, 0.5) is 0 Å². The van der Waals surface area contributed by atoms with Crippen LogP contribution in [0.2, 0.25) is 0 Å². The predicted molar refractivity (Wildman–Crippen MR) is 58.0 cm³/mol. The maximum atomic E-state index is 5.13. The highest BCUT2D eigenvalue weighted by Gasteiger charge is 1.97. The van der Waals surface area contributed by atoms with E-state index in [9.17, 15) is 0 Å². The van der Waals surface area contributed by atoms with Crippen molar-refractivity contribution in [2.24, 2.45) is 5.92 Å². The van der Waals surface area contributed by atoms with E-state index in [1.165, 1.54) is 19.3 Å². The number of rotatable bonds is 8. The second kappa shape index (κ2) is 8.52. The van der Waals surface area contributed by atoms with Crippen molar-refractivity contribution < 1.29 is 4.74 Å². The molecule has 0 radical (unpaired) electrons. The molecule has 0 aliphatic heterocycles. The van der Waals surface area contributed by atoms with Gasteiger partial charge in [-0.2, -0.15) is 0 Å². The van der Waals surface area contributed by atoms with Crippen LogP contribution in [0.1, 0.15) is 40.0 Å². The Bertz CT molecular complexity index is 104. The van der Waals surface area contributed by atoms with Crippen molar-refractivity contribution in [3.63, 3.8) is 0 Å². The van der Waals surface area contributed by atoms with E-state index in [1.807, 2.05) is 0 Å². The fraction of sp³-hybridized carbons (Fsp3) is 1.00. The Morgan fingerprint density at radius 3 is 2.38 bits per heavy atom. The van der Waals surface area contributed by atoms with Crippen molar-refractivity contribution in [2.45, 2.75) is 46.1 Å². The minimum absolute atomic E-state index is 0.338. The largest absolute Gasteiger partial charge is 0.380 e. The Labute approximate surface area is 83.1 Å². The Morgan fingerprint density at radius 2 is 1.85 bits per heavy atom. The minimum Gasteiger partial charge on any atom is -0.380 e. The molecule has 0 spiro atoms. The zero-order valence-electron chi connectivity index (χ0n) is 9.60. The average molecular weight is 187 g/mol. The van der Waals surface area contributed by atoms with Crippen molar-refractivity contribution in [3.05, 3.63) is 0 Å². The molecular weight excluding hydrogens is 162 g/mol. The molecule has 0 aromatic heterocycles. The topological polar surface area (TPSA) is 21.3 Å². The summed E-state index contributed by atoms with van der Waals surface area (Å²) in [6.45, 7) is 8.74. The third-order valence-corrected chi connectivity index (χ3v) is 2.22. The van der Waals surface area contributed by atoms with Crippen LogP contribution in [0.3, 0.4) is 0 Å². The van der Waals surface area contributed by atoms with Gasteiger partial charge in [-0.15, -0.1) is 0 Å². The Kier molecular flexibility index (Phi) is 8.46. The summed E-state index contributed by atoms with van der Waals surface area (Å²) < 4.78 is 5.13. The van der Waals surface area contributed by atoms with Crippen LogP contribution in [0.25, 0.3) is 0 Å². The number of hydrogen-bond acceptors (Lipinski definition) is 2. The first-order valence-electron chi connectivity index (χ1n) is 5.40. The van der Waals surface area contributed by atoms with Gasteiger partial charge in [0.1, 0.15) is 0 Å². The van der Waals surface area contributed by atoms with E-state index in [2.05, 4.69) is 26.1 Å². The lowest BCUT2D eigenvalue weighted by atomic mass is 10.1. The van der Waals surface area contributed by atoms with Gasteiger partial charge in [-0.05, 0) is 25.8 Å². The molecule has 0 aromatic rings. The normalized spacial score (nSPS) is 13.6. The van der Waals surface area contributed by atoms with Crippen LogP contribution in [0, 0.1) is 5.92 Å². The number of unbranched alkanes of at least 4 members (excludes halogenated alkanes) is 1. The molecule has 2 heteroatoms. The van der Waals surface area contributed by atoms with Gasteiger partial charge in [-0.3, -0.25) is 0 Å². The van der Waals surface area contributed by atoms with Crippen molar-refractivity contribution in [2.75, 3.05) is 20.2 Å². The van der Waals surface area contributed by atoms with E-state index < -0.39 is 0 Å². The molecule has 1 atom stereocenters. The molecule has 13 heavy (non-hydrogen) atoms. The molecule has 80 valence electrons. The van der Waals surface area contributed by atoms with E-state index in [-0.39, 0.29) is 0 Å². The van der Waals surface area contributed by atoms with Crippen LogP contribution < -0.4 is 5.32 Å². The molecule has 1 unspecified atom stereocenters. The molecule has 0 aliphatic rings. The van der Waals surface area contributed by atoms with Crippen molar-refractivity contribution in [1.29, 1.82) is 0 Å². The van der Waals surface area contributed by atoms with Crippen molar-refractivity contribution >= 4 is 0 Å². The summed E-state index contributed by atoms with van der Waals surface area (Å²) in [5.74, 6) is 0.845. The number of hydrogen-bond donors (Lipinski definition) is 1. The fourth-order valence-electron chi connectivity index (χ4n) is 1.19.